The fraction of sp³-hybridized carbons (Fsp3) is 0.615. The topological polar surface area (TPSA) is 57.2 Å². The SMILES string of the molecule is CCCNc1cc(NCC(O)C(C)C)ccn1. The van der Waals surface area contributed by atoms with Gasteiger partial charge in [-0.25, -0.2) is 4.98 Å². The van der Waals surface area contributed by atoms with Crippen molar-refractivity contribution in [2.24, 2.45) is 5.92 Å². The Hall–Kier alpha value is -1.29. The second-order valence-electron chi connectivity index (χ2n) is 4.55. The van der Waals surface area contributed by atoms with Gasteiger partial charge in [-0.3, -0.25) is 0 Å². The second-order valence-corrected chi connectivity index (χ2v) is 4.55. The Morgan fingerprint density at radius 2 is 2.12 bits per heavy atom. The van der Waals surface area contributed by atoms with Gasteiger partial charge >= 0.3 is 0 Å². The lowest BCUT2D eigenvalue weighted by molar-refractivity contribution is 0.138. The van der Waals surface area contributed by atoms with Crippen LogP contribution in [0.3, 0.4) is 0 Å². The minimum absolute atomic E-state index is 0.266. The molecule has 0 fully saturated rings. The molecule has 1 aromatic rings. The van der Waals surface area contributed by atoms with Crippen LogP contribution >= 0.6 is 0 Å². The Bertz CT molecular complexity index is 328. The normalized spacial score (nSPS) is 12.5. The zero-order valence-electron chi connectivity index (χ0n) is 10.9. The number of aromatic nitrogens is 1. The second kappa shape index (κ2) is 7.12. The monoisotopic (exact) mass is 237 g/mol. The molecule has 0 aliphatic heterocycles. The molecule has 0 bridgehead atoms. The lowest BCUT2D eigenvalue weighted by atomic mass is 10.1. The molecule has 0 saturated carbocycles. The summed E-state index contributed by atoms with van der Waals surface area (Å²) in [4.78, 5) is 4.23. The Kier molecular flexibility index (Phi) is 5.77. The fourth-order valence-corrected chi connectivity index (χ4v) is 1.35. The largest absolute Gasteiger partial charge is 0.391 e. The third kappa shape index (κ3) is 5.04. The number of nitrogens with one attached hydrogen (secondary N) is 2. The van der Waals surface area contributed by atoms with Gasteiger partial charge < -0.3 is 15.7 Å². The molecule has 0 aliphatic carbocycles. The first-order valence-corrected chi connectivity index (χ1v) is 6.25. The van der Waals surface area contributed by atoms with E-state index in [-0.39, 0.29) is 12.0 Å². The van der Waals surface area contributed by atoms with E-state index in [9.17, 15) is 5.11 Å². The van der Waals surface area contributed by atoms with E-state index >= 15 is 0 Å². The van der Waals surface area contributed by atoms with Gasteiger partial charge in [-0.2, -0.15) is 0 Å². The molecule has 0 spiro atoms. The van der Waals surface area contributed by atoms with Crippen LogP contribution < -0.4 is 10.6 Å². The van der Waals surface area contributed by atoms with Crippen molar-refractivity contribution in [1.29, 1.82) is 0 Å². The summed E-state index contributed by atoms with van der Waals surface area (Å²) in [5, 5.41) is 16.1. The Labute approximate surface area is 103 Å². The highest BCUT2D eigenvalue weighted by Crippen LogP contribution is 2.12. The lowest BCUT2D eigenvalue weighted by Crippen LogP contribution is -2.24. The van der Waals surface area contributed by atoms with Crippen LogP contribution in [-0.2, 0) is 0 Å². The van der Waals surface area contributed by atoms with E-state index in [0.29, 0.717) is 6.54 Å². The van der Waals surface area contributed by atoms with Crippen molar-refractivity contribution >= 4 is 11.5 Å². The minimum atomic E-state index is -0.324. The standard InChI is InChI=1S/C13H23N3O/c1-4-6-14-13-8-11(5-7-15-13)16-9-12(17)10(2)3/h5,7-8,10,12,17H,4,6,9H2,1-3H3,(H2,14,15,16). The first-order valence-electron chi connectivity index (χ1n) is 6.25. The van der Waals surface area contributed by atoms with Gasteiger partial charge in [0.05, 0.1) is 6.10 Å². The Morgan fingerprint density at radius 1 is 1.35 bits per heavy atom. The van der Waals surface area contributed by atoms with Crippen molar-refractivity contribution < 1.29 is 5.11 Å². The number of rotatable bonds is 7. The molecular formula is C13H23N3O. The number of aliphatic hydroxyl groups is 1. The highest BCUT2D eigenvalue weighted by Gasteiger charge is 2.08. The number of anilines is 2. The van der Waals surface area contributed by atoms with Crippen molar-refractivity contribution in [2.45, 2.75) is 33.3 Å². The summed E-state index contributed by atoms with van der Waals surface area (Å²) >= 11 is 0. The average molecular weight is 237 g/mol. The van der Waals surface area contributed by atoms with Gasteiger partial charge in [-0.1, -0.05) is 20.8 Å². The van der Waals surface area contributed by atoms with Gasteiger partial charge in [0.25, 0.3) is 0 Å². The molecule has 0 aromatic carbocycles. The van der Waals surface area contributed by atoms with Gasteiger partial charge in [-0.05, 0) is 18.4 Å². The maximum Gasteiger partial charge on any atom is 0.127 e. The molecule has 3 N–H and O–H groups in total. The van der Waals surface area contributed by atoms with E-state index in [1.807, 2.05) is 26.0 Å². The molecule has 1 unspecified atom stereocenters. The first-order chi connectivity index (χ1) is 8.13. The van der Waals surface area contributed by atoms with Crippen LogP contribution in [0.1, 0.15) is 27.2 Å². The van der Waals surface area contributed by atoms with E-state index < -0.39 is 0 Å². The van der Waals surface area contributed by atoms with E-state index in [1.165, 1.54) is 0 Å². The van der Waals surface area contributed by atoms with Crippen LogP contribution in [0.2, 0.25) is 0 Å². The fourth-order valence-electron chi connectivity index (χ4n) is 1.35. The molecule has 1 atom stereocenters. The van der Waals surface area contributed by atoms with Crippen molar-refractivity contribution in [1.82, 2.24) is 4.98 Å². The maximum atomic E-state index is 9.70. The zero-order valence-corrected chi connectivity index (χ0v) is 10.9. The Balaban J connectivity index is 2.48. The third-order valence-corrected chi connectivity index (χ3v) is 2.60. The highest BCUT2D eigenvalue weighted by atomic mass is 16.3. The predicted octanol–water partition coefficient (Wildman–Crippen LogP) is 2.33. The van der Waals surface area contributed by atoms with Crippen LogP contribution in [0.15, 0.2) is 18.3 Å². The summed E-state index contributed by atoms with van der Waals surface area (Å²) in [5.41, 5.74) is 0.985. The van der Waals surface area contributed by atoms with Crippen LogP contribution in [0.5, 0.6) is 0 Å². The number of hydrogen-bond donors (Lipinski definition) is 3. The average Bonchev–Trinajstić information content (AvgIpc) is 2.33. The quantitative estimate of drug-likeness (QED) is 0.681. The van der Waals surface area contributed by atoms with Gasteiger partial charge in [0.2, 0.25) is 0 Å². The maximum absolute atomic E-state index is 9.70. The minimum Gasteiger partial charge on any atom is -0.391 e. The third-order valence-electron chi connectivity index (χ3n) is 2.60. The summed E-state index contributed by atoms with van der Waals surface area (Å²) in [7, 11) is 0. The molecule has 1 rings (SSSR count). The number of hydrogen-bond acceptors (Lipinski definition) is 4. The van der Waals surface area contributed by atoms with Crippen molar-refractivity contribution in [2.75, 3.05) is 23.7 Å². The van der Waals surface area contributed by atoms with Gasteiger partial charge in [0, 0.05) is 31.0 Å². The highest BCUT2D eigenvalue weighted by molar-refractivity contribution is 5.51. The van der Waals surface area contributed by atoms with E-state index in [1.54, 1.807) is 6.20 Å². The summed E-state index contributed by atoms with van der Waals surface area (Å²) in [5.74, 6) is 1.14. The van der Waals surface area contributed by atoms with Crippen molar-refractivity contribution in [3.63, 3.8) is 0 Å². The van der Waals surface area contributed by atoms with E-state index in [2.05, 4.69) is 22.5 Å². The number of aliphatic hydroxyl groups excluding tert-OH is 1. The molecular weight excluding hydrogens is 214 g/mol. The summed E-state index contributed by atoms with van der Waals surface area (Å²) < 4.78 is 0. The molecule has 0 saturated heterocycles. The molecule has 1 aromatic heterocycles. The van der Waals surface area contributed by atoms with Gasteiger partial charge in [0.15, 0.2) is 0 Å². The molecule has 4 nitrogen and oxygen atoms in total. The van der Waals surface area contributed by atoms with E-state index in [4.69, 9.17) is 0 Å². The van der Waals surface area contributed by atoms with Crippen molar-refractivity contribution in [3.05, 3.63) is 18.3 Å². The molecule has 0 aliphatic rings. The first kappa shape index (κ1) is 13.8. The molecule has 0 amide bonds. The smallest absolute Gasteiger partial charge is 0.127 e. The summed E-state index contributed by atoms with van der Waals surface area (Å²) in [6.07, 6.45) is 2.52. The van der Waals surface area contributed by atoms with Crippen LogP contribution in [0.4, 0.5) is 11.5 Å². The van der Waals surface area contributed by atoms with Crippen LogP contribution in [-0.4, -0.2) is 29.3 Å². The molecule has 4 heteroatoms. The van der Waals surface area contributed by atoms with Crippen LogP contribution in [0.25, 0.3) is 0 Å². The molecule has 1 heterocycles. The molecule has 96 valence electrons. The molecule has 0 radical (unpaired) electrons. The molecule has 17 heavy (non-hydrogen) atoms. The predicted molar refractivity (Wildman–Crippen MR) is 72.4 cm³/mol. The lowest BCUT2D eigenvalue weighted by Gasteiger charge is -2.16. The summed E-state index contributed by atoms with van der Waals surface area (Å²) in [6, 6.07) is 3.87. The van der Waals surface area contributed by atoms with Gasteiger partial charge in [0.1, 0.15) is 5.82 Å². The van der Waals surface area contributed by atoms with Crippen LogP contribution in [0, 0.1) is 5.92 Å². The number of nitrogens with zero attached hydrogens (tertiary/aromatic N) is 1. The van der Waals surface area contributed by atoms with Crippen molar-refractivity contribution in [3.8, 4) is 0 Å². The zero-order chi connectivity index (χ0) is 12.7. The summed E-state index contributed by atoms with van der Waals surface area (Å²) in [6.45, 7) is 7.62. The number of pyridine rings is 1. The van der Waals surface area contributed by atoms with E-state index in [0.717, 1.165) is 24.5 Å². The Morgan fingerprint density at radius 3 is 2.76 bits per heavy atom. The van der Waals surface area contributed by atoms with Gasteiger partial charge in [-0.15, -0.1) is 0 Å².